The van der Waals surface area contributed by atoms with Gasteiger partial charge in [-0.1, -0.05) is 44.2 Å². The number of aliphatic hydroxyl groups excluding tert-OH is 1. The molecule has 1 atom stereocenters. The van der Waals surface area contributed by atoms with Gasteiger partial charge >= 0.3 is 0 Å². The summed E-state index contributed by atoms with van der Waals surface area (Å²) in [6.45, 7) is 4.46. The Labute approximate surface area is 125 Å². The molecule has 0 aliphatic heterocycles. The van der Waals surface area contributed by atoms with Crippen LogP contribution in [-0.4, -0.2) is 11.7 Å². The van der Waals surface area contributed by atoms with Crippen molar-refractivity contribution in [3.63, 3.8) is 0 Å². The van der Waals surface area contributed by atoms with Crippen LogP contribution < -0.4 is 4.74 Å². The Morgan fingerprint density at radius 2 is 1.81 bits per heavy atom. The lowest BCUT2D eigenvalue weighted by atomic mass is 10.0. The zero-order valence-corrected chi connectivity index (χ0v) is 12.4. The van der Waals surface area contributed by atoms with Crippen molar-refractivity contribution in [2.24, 2.45) is 5.92 Å². The zero-order valence-electron chi connectivity index (χ0n) is 12.4. The van der Waals surface area contributed by atoms with Gasteiger partial charge in [-0.15, -0.1) is 0 Å². The van der Waals surface area contributed by atoms with E-state index in [9.17, 15) is 9.50 Å². The van der Waals surface area contributed by atoms with Crippen LogP contribution in [0.5, 0.6) is 5.75 Å². The van der Waals surface area contributed by atoms with Gasteiger partial charge in [-0.05, 0) is 35.6 Å². The van der Waals surface area contributed by atoms with Crippen molar-refractivity contribution in [3.8, 4) is 5.75 Å². The van der Waals surface area contributed by atoms with Crippen LogP contribution in [0.4, 0.5) is 4.39 Å². The molecule has 1 N–H and O–H groups in total. The van der Waals surface area contributed by atoms with Gasteiger partial charge in [-0.25, -0.2) is 4.39 Å². The van der Waals surface area contributed by atoms with E-state index in [1.807, 2.05) is 24.3 Å². The minimum Gasteiger partial charge on any atom is -0.490 e. The highest BCUT2D eigenvalue weighted by Gasteiger charge is 2.09. The Bertz CT molecular complexity index is 564. The summed E-state index contributed by atoms with van der Waals surface area (Å²) in [6.07, 6.45) is 0.303. The molecule has 0 radical (unpaired) electrons. The first kappa shape index (κ1) is 15.5. The van der Waals surface area contributed by atoms with E-state index in [0.29, 0.717) is 11.7 Å². The molecule has 0 amide bonds. The topological polar surface area (TPSA) is 29.5 Å². The third-order valence-electron chi connectivity index (χ3n) is 3.21. The molecule has 2 nitrogen and oxygen atoms in total. The molecule has 0 heterocycles. The Morgan fingerprint density at radius 3 is 2.43 bits per heavy atom. The molecule has 2 aromatic rings. The highest BCUT2D eigenvalue weighted by molar-refractivity contribution is 5.25. The molecule has 112 valence electrons. The third kappa shape index (κ3) is 4.87. The lowest BCUT2D eigenvalue weighted by Gasteiger charge is -2.13. The average molecular weight is 288 g/mol. The number of rotatable bonds is 6. The molecule has 1 unspecified atom stereocenters. The number of benzene rings is 2. The molecule has 0 aliphatic rings. The summed E-state index contributed by atoms with van der Waals surface area (Å²) < 4.78 is 18.4. The molecule has 21 heavy (non-hydrogen) atoms. The zero-order chi connectivity index (χ0) is 15.2. The summed E-state index contributed by atoms with van der Waals surface area (Å²) in [6, 6.07) is 13.8. The van der Waals surface area contributed by atoms with Gasteiger partial charge in [-0.3, -0.25) is 0 Å². The van der Waals surface area contributed by atoms with E-state index in [0.717, 1.165) is 12.0 Å². The van der Waals surface area contributed by atoms with E-state index < -0.39 is 6.10 Å². The van der Waals surface area contributed by atoms with Crippen LogP contribution in [0, 0.1) is 11.7 Å². The molecule has 0 fully saturated rings. The Hall–Kier alpha value is -1.87. The van der Waals surface area contributed by atoms with Crippen molar-refractivity contribution in [2.75, 3.05) is 6.61 Å². The fraction of sp³-hybridized carbons (Fsp3) is 0.333. The lowest BCUT2D eigenvalue weighted by Crippen LogP contribution is -2.10. The van der Waals surface area contributed by atoms with E-state index in [1.54, 1.807) is 12.1 Å². The fourth-order valence-corrected chi connectivity index (χ4v) is 2.18. The normalized spacial score (nSPS) is 12.4. The largest absolute Gasteiger partial charge is 0.490 e. The van der Waals surface area contributed by atoms with Crippen molar-refractivity contribution in [1.29, 1.82) is 0 Å². The summed E-state index contributed by atoms with van der Waals surface area (Å²) >= 11 is 0. The Morgan fingerprint density at radius 1 is 1.10 bits per heavy atom. The smallest absolute Gasteiger partial charge is 0.126 e. The number of halogens is 1. The highest BCUT2D eigenvalue weighted by atomic mass is 19.1. The second kappa shape index (κ2) is 7.23. The maximum absolute atomic E-state index is 13.0. The van der Waals surface area contributed by atoms with Crippen molar-refractivity contribution in [3.05, 3.63) is 65.5 Å². The van der Waals surface area contributed by atoms with Gasteiger partial charge in [0.05, 0.1) is 0 Å². The molecule has 0 saturated carbocycles. The molecule has 3 heteroatoms. The number of hydrogen-bond acceptors (Lipinski definition) is 2. The SMILES string of the molecule is CC(C)Cc1ccc(C(O)COc2cccc(F)c2)cc1. The summed E-state index contributed by atoms with van der Waals surface area (Å²) in [5.41, 5.74) is 2.06. The van der Waals surface area contributed by atoms with Crippen LogP contribution in [0.3, 0.4) is 0 Å². The van der Waals surface area contributed by atoms with Crippen molar-refractivity contribution >= 4 is 0 Å². The first-order valence-corrected chi connectivity index (χ1v) is 7.20. The van der Waals surface area contributed by atoms with Gasteiger partial charge < -0.3 is 9.84 Å². The van der Waals surface area contributed by atoms with Gasteiger partial charge in [0.2, 0.25) is 0 Å². The number of ether oxygens (including phenoxy) is 1. The van der Waals surface area contributed by atoms with Crippen LogP contribution >= 0.6 is 0 Å². The summed E-state index contributed by atoms with van der Waals surface area (Å²) in [5, 5.41) is 10.1. The second-order valence-corrected chi connectivity index (χ2v) is 5.62. The molecule has 0 saturated heterocycles. The molecule has 0 aromatic heterocycles. The molecule has 2 rings (SSSR count). The number of hydrogen-bond donors (Lipinski definition) is 1. The standard InChI is InChI=1S/C18H21FO2/c1-13(2)10-14-6-8-15(9-7-14)18(20)12-21-17-5-3-4-16(19)11-17/h3-9,11,13,18,20H,10,12H2,1-2H3. The summed E-state index contributed by atoms with van der Waals surface area (Å²) in [5.74, 6) is 0.683. The lowest BCUT2D eigenvalue weighted by molar-refractivity contribution is 0.108. The fourth-order valence-electron chi connectivity index (χ4n) is 2.18. The van der Waals surface area contributed by atoms with Crippen LogP contribution in [-0.2, 0) is 6.42 Å². The predicted octanol–water partition coefficient (Wildman–Crippen LogP) is 4.14. The first-order valence-electron chi connectivity index (χ1n) is 7.20. The van der Waals surface area contributed by atoms with E-state index in [-0.39, 0.29) is 12.4 Å². The highest BCUT2D eigenvalue weighted by Crippen LogP contribution is 2.18. The average Bonchev–Trinajstić information content (AvgIpc) is 2.45. The van der Waals surface area contributed by atoms with Crippen LogP contribution in [0.2, 0.25) is 0 Å². The predicted molar refractivity (Wildman–Crippen MR) is 81.8 cm³/mol. The van der Waals surface area contributed by atoms with Crippen molar-refractivity contribution in [1.82, 2.24) is 0 Å². The van der Waals surface area contributed by atoms with Crippen LogP contribution in [0.25, 0.3) is 0 Å². The Balaban J connectivity index is 1.92. The monoisotopic (exact) mass is 288 g/mol. The van der Waals surface area contributed by atoms with E-state index in [2.05, 4.69) is 13.8 Å². The molecular formula is C18H21FO2. The van der Waals surface area contributed by atoms with Crippen molar-refractivity contribution < 1.29 is 14.2 Å². The molecular weight excluding hydrogens is 267 g/mol. The minimum atomic E-state index is -0.721. The molecule has 0 aliphatic carbocycles. The molecule has 2 aromatic carbocycles. The second-order valence-electron chi connectivity index (χ2n) is 5.62. The van der Waals surface area contributed by atoms with Gasteiger partial charge in [0, 0.05) is 6.07 Å². The summed E-state index contributed by atoms with van der Waals surface area (Å²) in [4.78, 5) is 0. The minimum absolute atomic E-state index is 0.104. The maximum atomic E-state index is 13.0. The maximum Gasteiger partial charge on any atom is 0.126 e. The van der Waals surface area contributed by atoms with E-state index in [1.165, 1.54) is 17.7 Å². The van der Waals surface area contributed by atoms with Crippen LogP contribution in [0.15, 0.2) is 48.5 Å². The van der Waals surface area contributed by atoms with Crippen molar-refractivity contribution in [2.45, 2.75) is 26.4 Å². The van der Waals surface area contributed by atoms with E-state index in [4.69, 9.17) is 4.74 Å². The van der Waals surface area contributed by atoms with Gasteiger partial charge in [0.25, 0.3) is 0 Å². The Kier molecular flexibility index (Phi) is 5.34. The summed E-state index contributed by atoms with van der Waals surface area (Å²) in [7, 11) is 0. The van der Waals surface area contributed by atoms with Crippen LogP contribution in [0.1, 0.15) is 31.1 Å². The van der Waals surface area contributed by atoms with E-state index >= 15 is 0 Å². The third-order valence-corrected chi connectivity index (χ3v) is 3.21. The first-order chi connectivity index (χ1) is 10.0. The van der Waals surface area contributed by atoms with Gasteiger partial charge in [0.1, 0.15) is 24.3 Å². The van der Waals surface area contributed by atoms with Gasteiger partial charge in [0.15, 0.2) is 0 Å². The van der Waals surface area contributed by atoms with Gasteiger partial charge in [-0.2, -0.15) is 0 Å². The molecule has 0 spiro atoms. The molecule has 0 bridgehead atoms. The number of aliphatic hydroxyl groups is 1. The quantitative estimate of drug-likeness (QED) is 0.865.